The Balaban J connectivity index is 1.42. The quantitative estimate of drug-likeness (QED) is 0.920. The summed E-state index contributed by atoms with van der Waals surface area (Å²) in [6.07, 6.45) is 1.69. The van der Waals surface area contributed by atoms with Gasteiger partial charge in [0.1, 0.15) is 6.10 Å². The Hall–Kier alpha value is -2.56. The van der Waals surface area contributed by atoms with Gasteiger partial charge in [-0.3, -0.25) is 0 Å². The fourth-order valence-electron chi connectivity index (χ4n) is 2.83. The first-order valence-electron chi connectivity index (χ1n) is 8.38. The predicted molar refractivity (Wildman–Crippen MR) is 93.1 cm³/mol. The zero-order chi connectivity index (χ0) is 16.8. The summed E-state index contributed by atoms with van der Waals surface area (Å²) in [5.74, 6) is 0.631. The maximum atomic E-state index is 12.2. The molecule has 5 heteroatoms. The third-order valence-electron chi connectivity index (χ3n) is 4.12. The normalized spacial score (nSPS) is 16.9. The number of aromatic nitrogens is 1. The van der Waals surface area contributed by atoms with E-state index in [0.29, 0.717) is 25.5 Å². The second kappa shape index (κ2) is 7.81. The topological polar surface area (TPSA) is 54.5 Å². The van der Waals surface area contributed by atoms with Crippen LogP contribution >= 0.6 is 0 Å². The van der Waals surface area contributed by atoms with E-state index < -0.39 is 0 Å². The van der Waals surface area contributed by atoms with Crippen LogP contribution < -0.4 is 10.1 Å². The van der Waals surface area contributed by atoms with Gasteiger partial charge in [-0.1, -0.05) is 36.4 Å². The van der Waals surface area contributed by atoms with Gasteiger partial charge in [-0.25, -0.2) is 9.78 Å². The van der Waals surface area contributed by atoms with Crippen molar-refractivity contribution in [2.75, 3.05) is 19.6 Å². The first kappa shape index (κ1) is 16.3. The van der Waals surface area contributed by atoms with E-state index in [-0.39, 0.29) is 12.1 Å². The Morgan fingerprint density at radius 2 is 2.08 bits per heavy atom. The van der Waals surface area contributed by atoms with E-state index in [1.807, 2.05) is 48.2 Å². The summed E-state index contributed by atoms with van der Waals surface area (Å²) in [6, 6.07) is 15.9. The van der Waals surface area contributed by atoms with Crippen molar-refractivity contribution >= 4 is 6.03 Å². The molecule has 0 aliphatic carbocycles. The van der Waals surface area contributed by atoms with E-state index in [2.05, 4.69) is 22.4 Å². The first-order chi connectivity index (χ1) is 11.7. The van der Waals surface area contributed by atoms with Gasteiger partial charge in [0.2, 0.25) is 5.88 Å². The molecule has 0 radical (unpaired) electrons. The van der Waals surface area contributed by atoms with Crippen molar-refractivity contribution in [3.63, 3.8) is 0 Å². The molecular formula is C19H23N3O2. The molecule has 2 amide bonds. The summed E-state index contributed by atoms with van der Waals surface area (Å²) in [6.45, 7) is 3.90. The molecule has 0 spiro atoms. The van der Waals surface area contributed by atoms with Crippen LogP contribution in [0.2, 0.25) is 0 Å². The smallest absolute Gasteiger partial charge is 0.317 e. The van der Waals surface area contributed by atoms with E-state index in [4.69, 9.17) is 4.74 Å². The largest absolute Gasteiger partial charge is 0.472 e. The average Bonchev–Trinajstić information content (AvgIpc) is 3.04. The number of benzene rings is 1. The highest BCUT2D eigenvalue weighted by atomic mass is 16.5. The Morgan fingerprint density at radius 1 is 1.25 bits per heavy atom. The lowest BCUT2D eigenvalue weighted by atomic mass is 10.1. The van der Waals surface area contributed by atoms with Gasteiger partial charge in [0.05, 0.1) is 6.54 Å². The van der Waals surface area contributed by atoms with Crippen LogP contribution in [-0.2, 0) is 6.42 Å². The molecule has 0 bridgehead atoms. The summed E-state index contributed by atoms with van der Waals surface area (Å²) in [4.78, 5) is 18.4. The number of urea groups is 1. The number of nitrogens with zero attached hydrogens (tertiary/aromatic N) is 2. The Morgan fingerprint density at radius 3 is 2.88 bits per heavy atom. The summed E-state index contributed by atoms with van der Waals surface area (Å²) in [7, 11) is 0. The number of hydrogen-bond donors (Lipinski definition) is 1. The number of carbonyl (C=O) groups is 1. The predicted octanol–water partition coefficient (Wildman–Crippen LogP) is 2.80. The Labute approximate surface area is 142 Å². The van der Waals surface area contributed by atoms with Gasteiger partial charge >= 0.3 is 6.03 Å². The monoisotopic (exact) mass is 325 g/mol. The van der Waals surface area contributed by atoms with E-state index in [1.165, 1.54) is 5.56 Å². The molecule has 126 valence electrons. The van der Waals surface area contributed by atoms with Crippen molar-refractivity contribution in [2.45, 2.75) is 25.9 Å². The minimum absolute atomic E-state index is 0.0131. The van der Waals surface area contributed by atoms with Crippen LogP contribution in [0.5, 0.6) is 5.88 Å². The Bertz CT molecular complexity index is 675. The van der Waals surface area contributed by atoms with Crippen LogP contribution in [-0.4, -0.2) is 41.7 Å². The first-order valence-corrected chi connectivity index (χ1v) is 8.38. The van der Waals surface area contributed by atoms with Crippen LogP contribution in [0.4, 0.5) is 4.79 Å². The lowest BCUT2D eigenvalue weighted by Gasteiger charge is -2.17. The second-order valence-corrected chi connectivity index (χ2v) is 6.06. The average molecular weight is 325 g/mol. The van der Waals surface area contributed by atoms with Gasteiger partial charge < -0.3 is 15.0 Å². The number of nitrogens with one attached hydrogen (secondary N) is 1. The van der Waals surface area contributed by atoms with Crippen molar-refractivity contribution in [1.82, 2.24) is 15.2 Å². The van der Waals surface area contributed by atoms with Crippen molar-refractivity contribution in [2.24, 2.45) is 0 Å². The van der Waals surface area contributed by atoms with Crippen molar-refractivity contribution in [3.8, 4) is 5.88 Å². The molecule has 0 saturated carbocycles. The number of carbonyl (C=O) groups excluding carboxylic acids is 1. The van der Waals surface area contributed by atoms with E-state index in [1.54, 1.807) is 0 Å². The van der Waals surface area contributed by atoms with Gasteiger partial charge in [-0.15, -0.1) is 0 Å². The summed E-state index contributed by atoms with van der Waals surface area (Å²) in [5.41, 5.74) is 2.16. The zero-order valence-electron chi connectivity index (χ0n) is 13.9. The molecule has 5 nitrogen and oxygen atoms in total. The van der Waals surface area contributed by atoms with Crippen molar-refractivity contribution < 1.29 is 9.53 Å². The van der Waals surface area contributed by atoms with Gasteiger partial charge in [-0.2, -0.15) is 0 Å². The molecule has 1 saturated heterocycles. The van der Waals surface area contributed by atoms with Gasteiger partial charge in [0.15, 0.2) is 0 Å². The molecular weight excluding hydrogens is 302 g/mol. The van der Waals surface area contributed by atoms with E-state index in [9.17, 15) is 4.79 Å². The molecule has 1 aliphatic heterocycles. The lowest BCUT2D eigenvalue weighted by Crippen LogP contribution is -2.40. The minimum Gasteiger partial charge on any atom is -0.472 e. The van der Waals surface area contributed by atoms with Crippen LogP contribution in [0.25, 0.3) is 0 Å². The zero-order valence-corrected chi connectivity index (χ0v) is 13.9. The third-order valence-corrected chi connectivity index (χ3v) is 4.12. The van der Waals surface area contributed by atoms with E-state index >= 15 is 0 Å². The molecule has 1 aliphatic rings. The van der Waals surface area contributed by atoms with Gasteiger partial charge in [0.25, 0.3) is 0 Å². The number of aryl methyl sites for hydroxylation is 1. The molecule has 1 unspecified atom stereocenters. The summed E-state index contributed by atoms with van der Waals surface area (Å²) in [5, 5.41) is 2.98. The number of rotatable bonds is 5. The molecule has 24 heavy (non-hydrogen) atoms. The minimum atomic E-state index is -0.0192. The maximum Gasteiger partial charge on any atom is 0.317 e. The maximum absolute atomic E-state index is 12.2. The Kier molecular flexibility index (Phi) is 5.31. The number of ether oxygens (including phenoxy) is 1. The van der Waals surface area contributed by atoms with Crippen LogP contribution in [0.3, 0.4) is 0 Å². The van der Waals surface area contributed by atoms with Gasteiger partial charge in [0, 0.05) is 31.3 Å². The molecule has 2 aromatic rings. The highest BCUT2D eigenvalue weighted by Gasteiger charge is 2.27. The molecule has 1 N–H and O–H groups in total. The summed E-state index contributed by atoms with van der Waals surface area (Å²) < 4.78 is 5.88. The molecule has 1 aromatic heterocycles. The van der Waals surface area contributed by atoms with Gasteiger partial charge in [-0.05, 0) is 25.0 Å². The molecule has 1 fully saturated rings. The molecule has 1 atom stereocenters. The highest BCUT2D eigenvalue weighted by molar-refractivity contribution is 5.74. The molecule has 1 aromatic carbocycles. The van der Waals surface area contributed by atoms with Crippen LogP contribution in [0.1, 0.15) is 17.7 Å². The molecule has 2 heterocycles. The standard InChI is InChI=1S/C19H23N3O2/c1-15-6-5-9-18(21-15)24-17-11-13-22(14-17)19(23)20-12-10-16-7-3-2-4-8-16/h2-9,17H,10-14H2,1H3,(H,20,23). The number of likely N-dealkylation sites (tertiary alicyclic amines) is 1. The second-order valence-electron chi connectivity index (χ2n) is 6.06. The summed E-state index contributed by atoms with van der Waals surface area (Å²) >= 11 is 0. The SMILES string of the molecule is Cc1cccc(OC2CCN(C(=O)NCCc3ccccc3)C2)n1. The number of amides is 2. The van der Waals surface area contributed by atoms with Crippen molar-refractivity contribution in [1.29, 1.82) is 0 Å². The fraction of sp³-hybridized carbons (Fsp3) is 0.368. The van der Waals surface area contributed by atoms with Crippen LogP contribution in [0.15, 0.2) is 48.5 Å². The number of hydrogen-bond acceptors (Lipinski definition) is 3. The highest BCUT2D eigenvalue weighted by Crippen LogP contribution is 2.16. The lowest BCUT2D eigenvalue weighted by molar-refractivity contribution is 0.183. The molecule has 3 rings (SSSR count). The van der Waals surface area contributed by atoms with E-state index in [0.717, 1.165) is 18.5 Å². The van der Waals surface area contributed by atoms with Crippen LogP contribution in [0, 0.1) is 6.92 Å². The number of pyridine rings is 1. The third kappa shape index (κ3) is 4.47. The van der Waals surface area contributed by atoms with Crippen molar-refractivity contribution in [3.05, 3.63) is 59.8 Å². The fourth-order valence-corrected chi connectivity index (χ4v) is 2.83.